The van der Waals surface area contributed by atoms with Gasteiger partial charge in [-0.05, 0) is 13.3 Å². The van der Waals surface area contributed by atoms with Crippen LogP contribution in [0.15, 0.2) is 6.08 Å². The molecule has 2 unspecified atom stereocenters. The van der Waals surface area contributed by atoms with Crippen molar-refractivity contribution in [2.45, 2.75) is 38.7 Å². The molecule has 12 heavy (non-hydrogen) atoms. The van der Waals surface area contributed by atoms with E-state index in [1.807, 2.05) is 0 Å². The maximum absolute atomic E-state index is 12.5. The molecule has 0 aliphatic heterocycles. The smallest absolute Gasteiger partial charge is 0.311 e. The average Bonchev–Trinajstić information content (AvgIpc) is 2.00. The predicted octanol–water partition coefficient (Wildman–Crippen LogP) is 2.72. The number of rotatable bonds is 5. The van der Waals surface area contributed by atoms with Gasteiger partial charge in [-0.3, -0.25) is 0 Å². The van der Waals surface area contributed by atoms with E-state index in [0.29, 0.717) is 6.42 Å². The molecule has 0 aliphatic rings. The molecule has 0 rings (SSSR count). The molecule has 0 aliphatic carbocycles. The Morgan fingerprint density at radius 3 is 2.33 bits per heavy atom. The molecule has 1 radical (unpaired) electrons. The molecular formula is C8H12F3O. The van der Waals surface area contributed by atoms with Crippen molar-refractivity contribution in [1.82, 2.24) is 0 Å². The number of hydrogen-bond donors (Lipinski definition) is 0. The first kappa shape index (κ1) is 11.5. The Morgan fingerprint density at radius 2 is 2.08 bits per heavy atom. The zero-order valence-corrected chi connectivity index (χ0v) is 7.06. The molecule has 0 N–H and O–H groups in total. The summed E-state index contributed by atoms with van der Waals surface area (Å²) in [6.07, 6.45) is -5.71. The third-order valence-electron chi connectivity index (χ3n) is 1.39. The van der Waals surface area contributed by atoms with Gasteiger partial charge in [-0.1, -0.05) is 19.6 Å². The number of halogens is 3. The molecule has 0 heterocycles. The van der Waals surface area contributed by atoms with Crippen LogP contribution in [0.5, 0.6) is 0 Å². The van der Waals surface area contributed by atoms with E-state index in [2.05, 4.69) is 4.74 Å². The topological polar surface area (TPSA) is 9.23 Å². The van der Waals surface area contributed by atoms with Crippen LogP contribution in [0, 0.1) is 6.58 Å². The molecule has 0 saturated heterocycles. The Hall–Kier alpha value is -0.510. The van der Waals surface area contributed by atoms with Gasteiger partial charge in [0.05, 0.1) is 6.10 Å². The summed E-state index contributed by atoms with van der Waals surface area (Å²) in [6.45, 7) is 7.34. The Bertz CT molecular complexity index is 145. The normalized spacial score (nSPS) is 17.1. The van der Waals surface area contributed by atoms with Crippen molar-refractivity contribution in [2.24, 2.45) is 0 Å². The lowest BCUT2D eigenvalue weighted by Crippen LogP contribution is -2.34. The fraction of sp³-hybridized carbons (Fsp3) is 0.750. The number of alkyl halides is 3. The Labute approximate surface area is 70.2 Å². The van der Waals surface area contributed by atoms with E-state index in [0.717, 1.165) is 13.0 Å². The molecule has 0 aromatic carbocycles. The van der Waals surface area contributed by atoms with E-state index in [1.165, 1.54) is 0 Å². The summed E-state index contributed by atoms with van der Waals surface area (Å²) in [5, 5.41) is 0. The molecule has 0 bridgehead atoms. The van der Waals surface area contributed by atoms with E-state index < -0.39 is 18.4 Å². The van der Waals surface area contributed by atoms with Crippen LogP contribution >= 0.6 is 0 Å². The highest BCUT2D eigenvalue weighted by Gasteiger charge is 2.39. The van der Waals surface area contributed by atoms with Gasteiger partial charge in [-0.25, -0.2) is 4.39 Å². The first-order valence-corrected chi connectivity index (χ1v) is 3.68. The van der Waals surface area contributed by atoms with E-state index in [-0.39, 0.29) is 0 Å². The third kappa shape index (κ3) is 3.26. The Kier molecular flexibility index (Phi) is 4.31. The molecule has 4 heteroatoms. The van der Waals surface area contributed by atoms with Crippen molar-refractivity contribution in [3.05, 3.63) is 12.7 Å². The van der Waals surface area contributed by atoms with Gasteiger partial charge >= 0.3 is 6.11 Å². The molecule has 0 fully saturated rings. The molecule has 0 amide bonds. The maximum Gasteiger partial charge on any atom is 0.387 e. The van der Waals surface area contributed by atoms with Gasteiger partial charge in [-0.15, -0.1) is 0 Å². The minimum Gasteiger partial charge on any atom is -0.311 e. The molecule has 0 saturated carbocycles. The zero-order valence-electron chi connectivity index (χ0n) is 7.06. The van der Waals surface area contributed by atoms with Gasteiger partial charge in [0.15, 0.2) is 6.17 Å². The van der Waals surface area contributed by atoms with Crippen molar-refractivity contribution in [3.63, 3.8) is 0 Å². The Balaban J connectivity index is 4.11. The average molecular weight is 181 g/mol. The summed E-state index contributed by atoms with van der Waals surface area (Å²) in [4.78, 5) is 0. The summed E-state index contributed by atoms with van der Waals surface area (Å²) >= 11 is 0. The second-order valence-electron chi connectivity index (χ2n) is 2.43. The van der Waals surface area contributed by atoms with Crippen LogP contribution in [0.4, 0.5) is 13.2 Å². The van der Waals surface area contributed by atoms with Crippen LogP contribution in [-0.4, -0.2) is 18.4 Å². The Morgan fingerprint density at radius 1 is 1.58 bits per heavy atom. The van der Waals surface area contributed by atoms with Gasteiger partial charge in [0.2, 0.25) is 0 Å². The van der Waals surface area contributed by atoms with Gasteiger partial charge in [0.1, 0.15) is 0 Å². The minimum absolute atomic E-state index is 0.290. The molecule has 1 nitrogen and oxygen atoms in total. The molecule has 0 aromatic heterocycles. The first-order valence-electron chi connectivity index (χ1n) is 3.68. The highest BCUT2D eigenvalue weighted by Crippen LogP contribution is 2.25. The highest BCUT2D eigenvalue weighted by atomic mass is 19.3. The predicted molar refractivity (Wildman–Crippen MR) is 39.6 cm³/mol. The summed E-state index contributed by atoms with van der Waals surface area (Å²) in [7, 11) is 0. The summed E-state index contributed by atoms with van der Waals surface area (Å²) < 4.78 is 41.3. The van der Waals surface area contributed by atoms with Gasteiger partial charge in [0, 0.05) is 0 Å². The standard InChI is InChI=1S/C8H12F3O/c1-4-7(5-2)12-8(10,11)6(3)9/h1,4,6-7H,5H2,2-3H3. The van der Waals surface area contributed by atoms with Crippen molar-refractivity contribution >= 4 is 0 Å². The van der Waals surface area contributed by atoms with Crippen LogP contribution in [-0.2, 0) is 4.74 Å². The monoisotopic (exact) mass is 181 g/mol. The quantitative estimate of drug-likeness (QED) is 0.633. The highest BCUT2D eigenvalue weighted by molar-refractivity contribution is 4.78. The summed E-state index contributed by atoms with van der Waals surface area (Å²) in [5.41, 5.74) is 0. The van der Waals surface area contributed by atoms with Crippen LogP contribution in [0.25, 0.3) is 0 Å². The maximum atomic E-state index is 12.5. The van der Waals surface area contributed by atoms with Crippen molar-refractivity contribution in [3.8, 4) is 0 Å². The van der Waals surface area contributed by atoms with Crippen LogP contribution in [0.2, 0.25) is 0 Å². The SMILES string of the molecule is [CH]=CC(CC)OC(F)(F)C(C)F. The van der Waals surface area contributed by atoms with E-state index in [1.54, 1.807) is 6.92 Å². The molecule has 0 spiro atoms. The molecular weight excluding hydrogens is 169 g/mol. The molecule has 0 aromatic rings. The third-order valence-corrected chi connectivity index (χ3v) is 1.39. The number of ether oxygens (including phenoxy) is 1. The van der Waals surface area contributed by atoms with Gasteiger partial charge in [0.25, 0.3) is 0 Å². The second-order valence-corrected chi connectivity index (χ2v) is 2.43. The molecule has 2 atom stereocenters. The summed E-state index contributed by atoms with van der Waals surface area (Å²) in [6, 6.07) is 0. The largest absolute Gasteiger partial charge is 0.387 e. The molecule has 71 valence electrons. The minimum atomic E-state index is -3.75. The van der Waals surface area contributed by atoms with Gasteiger partial charge in [-0.2, -0.15) is 8.78 Å². The van der Waals surface area contributed by atoms with Crippen molar-refractivity contribution in [1.29, 1.82) is 0 Å². The van der Waals surface area contributed by atoms with E-state index >= 15 is 0 Å². The van der Waals surface area contributed by atoms with Crippen molar-refractivity contribution < 1.29 is 17.9 Å². The second kappa shape index (κ2) is 4.50. The first-order chi connectivity index (χ1) is 5.44. The lowest BCUT2D eigenvalue weighted by atomic mass is 10.3. The van der Waals surface area contributed by atoms with Crippen LogP contribution in [0.1, 0.15) is 20.3 Å². The lowest BCUT2D eigenvalue weighted by Gasteiger charge is -2.22. The van der Waals surface area contributed by atoms with Crippen LogP contribution in [0.3, 0.4) is 0 Å². The fourth-order valence-corrected chi connectivity index (χ4v) is 0.554. The van der Waals surface area contributed by atoms with Crippen LogP contribution < -0.4 is 0 Å². The lowest BCUT2D eigenvalue weighted by molar-refractivity contribution is -0.283. The van der Waals surface area contributed by atoms with Crippen molar-refractivity contribution in [2.75, 3.05) is 0 Å². The van der Waals surface area contributed by atoms with Gasteiger partial charge < -0.3 is 4.74 Å². The van der Waals surface area contributed by atoms with E-state index in [4.69, 9.17) is 6.58 Å². The summed E-state index contributed by atoms with van der Waals surface area (Å²) in [5.74, 6) is 0. The fourth-order valence-electron chi connectivity index (χ4n) is 0.554. The zero-order chi connectivity index (χ0) is 9.78. The number of hydrogen-bond acceptors (Lipinski definition) is 1. The van der Waals surface area contributed by atoms with E-state index in [9.17, 15) is 13.2 Å².